The van der Waals surface area contributed by atoms with Crippen molar-refractivity contribution in [1.82, 2.24) is 0 Å². The highest BCUT2D eigenvalue weighted by molar-refractivity contribution is 7.89. The molecule has 0 aliphatic carbocycles. The molecular weight excluding hydrogens is 230 g/mol. The fraction of sp³-hybridized carbons (Fsp3) is 0.400. The number of ether oxygens (including phenoxy) is 2. The van der Waals surface area contributed by atoms with Crippen LogP contribution >= 0.6 is 0 Å². The van der Waals surface area contributed by atoms with Gasteiger partial charge in [0.15, 0.2) is 0 Å². The first-order valence-corrected chi connectivity index (χ1v) is 6.50. The molecule has 90 valence electrons. The van der Waals surface area contributed by atoms with Crippen LogP contribution in [0.3, 0.4) is 0 Å². The molecule has 0 spiro atoms. The third kappa shape index (κ3) is 4.99. The van der Waals surface area contributed by atoms with Gasteiger partial charge < -0.3 is 9.47 Å². The van der Waals surface area contributed by atoms with Crippen LogP contribution in [0.4, 0.5) is 0 Å². The highest BCUT2D eigenvalue weighted by atomic mass is 32.2. The number of primary sulfonamides is 1. The van der Waals surface area contributed by atoms with Crippen LogP contribution in [0.25, 0.3) is 0 Å². The monoisotopic (exact) mass is 245 g/mol. The van der Waals surface area contributed by atoms with E-state index in [-0.39, 0.29) is 5.75 Å². The summed E-state index contributed by atoms with van der Waals surface area (Å²) >= 11 is 0. The Balaban J connectivity index is 2.37. The van der Waals surface area contributed by atoms with Gasteiger partial charge in [-0.1, -0.05) is 6.07 Å². The van der Waals surface area contributed by atoms with Gasteiger partial charge in [0.2, 0.25) is 10.0 Å². The Labute approximate surface area is 95.2 Å². The summed E-state index contributed by atoms with van der Waals surface area (Å²) in [6, 6.07) is 7.11. The third-order valence-electron chi connectivity index (χ3n) is 1.88. The van der Waals surface area contributed by atoms with E-state index in [1.54, 1.807) is 31.4 Å². The lowest BCUT2D eigenvalue weighted by Gasteiger charge is -2.06. The van der Waals surface area contributed by atoms with Gasteiger partial charge in [0.05, 0.1) is 19.5 Å². The molecule has 2 N–H and O–H groups in total. The number of benzene rings is 1. The van der Waals surface area contributed by atoms with Gasteiger partial charge in [0.25, 0.3) is 0 Å². The highest BCUT2D eigenvalue weighted by Crippen LogP contribution is 2.18. The van der Waals surface area contributed by atoms with E-state index in [9.17, 15) is 8.42 Å². The molecule has 0 fully saturated rings. The van der Waals surface area contributed by atoms with Crippen molar-refractivity contribution in [2.24, 2.45) is 5.14 Å². The van der Waals surface area contributed by atoms with Gasteiger partial charge in [0.1, 0.15) is 11.5 Å². The number of sulfonamides is 1. The van der Waals surface area contributed by atoms with Crippen molar-refractivity contribution >= 4 is 10.0 Å². The lowest BCUT2D eigenvalue weighted by atomic mass is 10.3. The quantitative estimate of drug-likeness (QED) is 0.750. The van der Waals surface area contributed by atoms with Gasteiger partial charge >= 0.3 is 0 Å². The van der Waals surface area contributed by atoms with E-state index < -0.39 is 10.0 Å². The molecule has 0 atom stereocenters. The van der Waals surface area contributed by atoms with Crippen molar-refractivity contribution < 1.29 is 17.9 Å². The van der Waals surface area contributed by atoms with Crippen molar-refractivity contribution in [3.63, 3.8) is 0 Å². The van der Waals surface area contributed by atoms with Crippen LogP contribution in [0, 0.1) is 0 Å². The van der Waals surface area contributed by atoms with Crippen molar-refractivity contribution in [3.05, 3.63) is 24.3 Å². The number of hydrogen-bond acceptors (Lipinski definition) is 4. The topological polar surface area (TPSA) is 78.6 Å². The van der Waals surface area contributed by atoms with Crippen molar-refractivity contribution in [2.45, 2.75) is 6.42 Å². The molecule has 1 aromatic rings. The van der Waals surface area contributed by atoms with Crippen LogP contribution in [0.2, 0.25) is 0 Å². The van der Waals surface area contributed by atoms with E-state index in [1.165, 1.54) is 0 Å². The van der Waals surface area contributed by atoms with Gasteiger partial charge in [-0.05, 0) is 18.6 Å². The molecule has 0 saturated carbocycles. The fourth-order valence-electron chi connectivity index (χ4n) is 1.14. The van der Waals surface area contributed by atoms with E-state index in [2.05, 4.69) is 0 Å². The first kappa shape index (κ1) is 12.8. The van der Waals surface area contributed by atoms with Crippen LogP contribution in [0.5, 0.6) is 11.5 Å². The van der Waals surface area contributed by atoms with E-state index in [0.717, 1.165) is 0 Å². The summed E-state index contributed by atoms with van der Waals surface area (Å²) in [5, 5.41) is 4.86. The Morgan fingerprint density at radius 2 is 2.00 bits per heavy atom. The second kappa shape index (κ2) is 5.72. The molecule has 0 aliphatic heterocycles. The first-order valence-electron chi connectivity index (χ1n) is 4.78. The summed E-state index contributed by atoms with van der Waals surface area (Å²) in [5.41, 5.74) is 0. The first-order chi connectivity index (χ1) is 7.51. The Morgan fingerprint density at radius 3 is 2.62 bits per heavy atom. The minimum absolute atomic E-state index is 0.0725. The second-order valence-electron chi connectivity index (χ2n) is 3.25. The molecule has 0 radical (unpaired) electrons. The van der Waals surface area contributed by atoms with Crippen LogP contribution in [-0.2, 0) is 10.0 Å². The predicted octanol–water partition coefficient (Wildman–Crippen LogP) is 0.753. The molecule has 0 amide bonds. The summed E-state index contributed by atoms with van der Waals surface area (Å²) in [6.45, 7) is 0.309. The minimum atomic E-state index is -3.40. The van der Waals surface area contributed by atoms with Crippen LogP contribution < -0.4 is 14.6 Å². The van der Waals surface area contributed by atoms with Crippen molar-refractivity contribution in [2.75, 3.05) is 19.5 Å². The molecule has 1 rings (SSSR count). The zero-order chi connectivity index (χ0) is 12.0. The van der Waals surface area contributed by atoms with Gasteiger partial charge in [-0.2, -0.15) is 0 Å². The number of methoxy groups -OCH3 is 1. The summed E-state index contributed by atoms with van der Waals surface area (Å²) < 4.78 is 31.7. The largest absolute Gasteiger partial charge is 0.497 e. The second-order valence-corrected chi connectivity index (χ2v) is 4.98. The van der Waals surface area contributed by atoms with E-state index >= 15 is 0 Å². The Hall–Kier alpha value is -1.27. The highest BCUT2D eigenvalue weighted by Gasteiger charge is 2.02. The Morgan fingerprint density at radius 1 is 1.31 bits per heavy atom. The average molecular weight is 245 g/mol. The standard InChI is InChI=1S/C10H15NO4S/c1-14-9-4-2-5-10(8-9)15-6-3-7-16(11,12)13/h2,4-5,8H,3,6-7H2,1H3,(H2,11,12,13). The summed E-state index contributed by atoms with van der Waals surface area (Å²) in [7, 11) is -1.83. The predicted molar refractivity (Wildman–Crippen MR) is 61.1 cm³/mol. The molecule has 0 heterocycles. The lowest BCUT2D eigenvalue weighted by Crippen LogP contribution is -2.18. The summed E-state index contributed by atoms with van der Waals surface area (Å²) in [4.78, 5) is 0. The minimum Gasteiger partial charge on any atom is -0.497 e. The maximum Gasteiger partial charge on any atom is 0.209 e. The summed E-state index contributed by atoms with van der Waals surface area (Å²) in [6.07, 6.45) is 0.371. The number of rotatable bonds is 6. The number of nitrogens with two attached hydrogens (primary N) is 1. The normalized spacial score (nSPS) is 11.1. The van der Waals surface area contributed by atoms with Crippen LogP contribution in [0.1, 0.15) is 6.42 Å². The Bertz CT molecular complexity index is 430. The molecule has 0 aliphatic rings. The van der Waals surface area contributed by atoms with E-state index in [1.807, 2.05) is 0 Å². The van der Waals surface area contributed by atoms with E-state index in [4.69, 9.17) is 14.6 Å². The smallest absolute Gasteiger partial charge is 0.209 e. The van der Waals surface area contributed by atoms with Gasteiger partial charge in [0, 0.05) is 6.07 Å². The molecule has 0 saturated heterocycles. The number of hydrogen-bond donors (Lipinski definition) is 1. The SMILES string of the molecule is COc1cccc(OCCCS(N)(=O)=O)c1. The lowest BCUT2D eigenvalue weighted by molar-refractivity contribution is 0.315. The van der Waals surface area contributed by atoms with Gasteiger partial charge in [-0.25, -0.2) is 13.6 Å². The van der Waals surface area contributed by atoms with Gasteiger partial charge in [-0.3, -0.25) is 0 Å². The Kier molecular flexibility index (Phi) is 4.57. The van der Waals surface area contributed by atoms with Crippen LogP contribution in [0.15, 0.2) is 24.3 Å². The molecule has 0 bridgehead atoms. The maximum atomic E-state index is 10.6. The molecule has 1 aromatic carbocycles. The van der Waals surface area contributed by atoms with Crippen molar-refractivity contribution in [1.29, 1.82) is 0 Å². The molecular formula is C10H15NO4S. The molecule has 0 aromatic heterocycles. The third-order valence-corrected chi connectivity index (χ3v) is 2.74. The zero-order valence-corrected chi connectivity index (χ0v) is 9.87. The van der Waals surface area contributed by atoms with Gasteiger partial charge in [-0.15, -0.1) is 0 Å². The average Bonchev–Trinajstić information content (AvgIpc) is 2.23. The van der Waals surface area contributed by atoms with Crippen LogP contribution in [-0.4, -0.2) is 27.9 Å². The molecule has 0 unspecified atom stereocenters. The zero-order valence-electron chi connectivity index (χ0n) is 9.05. The summed E-state index contributed by atoms with van der Waals surface area (Å²) in [5.74, 6) is 1.27. The molecule has 16 heavy (non-hydrogen) atoms. The fourth-order valence-corrected chi connectivity index (χ4v) is 1.66. The van der Waals surface area contributed by atoms with Crippen molar-refractivity contribution in [3.8, 4) is 11.5 Å². The molecule has 6 heteroatoms. The molecule has 5 nitrogen and oxygen atoms in total. The van der Waals surface area contributed by atoms with E-state index in [0.29, 0.717) is 24.5 Å². The maximum absolute atomic E-state index is 10.6.